The number of nitrogens with two attached hydrogens (primary N) is 1. The molecule has 0 bridgehead atoms. The Hall–Kier alpha value is -2.46. The van der Waals surface area contributed by atoms with Crippen LogP contribution in [0, 0.1) is 5.41 Å². The lowest BCUT2D eigenvalue weighted by Crippen LogP contribution is -2.18. The van der Waals surface area contributed by atoms with Crippen LogP contribution in [0.4, 0.5) is 0 Å². The predicted octanol–water partition coefficient (Wildman–Crippen LogP) is 0.811. The summed E-state index contributed by atoms with van der Waals surface area (Å²) in [5.41, 5.74) is 5.62. The highest BCUT2D eigenvalue weighted by molar-refractivity contribution is 8.18. The minimum Gasteiger partial charge on any atom is -0.508 e. The molecule has 120 valence electrons. The van der Waals surface area contributed by atoms with Gasteiger partial charge in [-0.1, -0.05) is 11.8 Å². The zero-order valence-corrected chi connectivity index (χ0v) is 13.2. The number of nitrogens with zero attached hydrogens (tertiary/aromatic N) is 1. The predicted molar refractivity (Wildman–Crippen MR) is 90.3 cm³/mol. The maximum atomic E-state index is 11.3. The van der Waals surface area contributed by atoms with E-state index in [1.807, 2.05) is 0 Å². The van der Waals surface area contributed by atoms with Crippen molar-refractivity contribution in [3.63, 3.8) is 0 Å². The summed E-state index contributed by atoms with van der Waals surface area (Å²) < 4.78 is 0. The fourth-order valence-corrected chi connectivity index (χ4v) is 2.82. The molecule has 1 aromatic rings. The first kappa shape index (κ1) is 16.9. The summed E-state index contributed by atoms with van der Waals surface area (Å²) in [7, 11) is 0. The van der Waals surface area contributed by atoms with E-state index in [2.05, 4.69) is 10.3 Å². The van der Waals surface area contributed by atoms with Crippen LogP contribution < -0.4 is 11.1 Å². The van der Waals surface area contributed by atoms with Crippen LogP contribution in [0.15, 0.2) is 28.1 Å². The lowest BCUT2D eigenvalue weighted by molar-refractivity contribution is -0.116. The third-order valence-electron chi connectivity index (χ3n) is 2.46. The smallest absolute Gasteiger partial charge is 0.264 e. The minimum atomic E-state index is -0.349. The Bertz CT molecular complexity index is 725. The van der Waals surface area contributed by atoms with E-state index in [1.165, 1.54) is 36.0 Å². The Balaban J connectivity index is 0.000000229. The maximum Gasteiger partial charge on any atom is 0.264 e. The first-order valence-electron chi connectivity index (χ1n) is 6.16. The number of phenols is 2. The molecule has 0 spiro atoms. The molecule has 0 saturated carbocycles. The van der Waals surface area contributed by atoms with Crippen molar-refractivity contribution in [1.82, 2.24) is 5.32 Å². The molecule has 6 N–H and O–H groups in total. The number of amidine groups is 2. The molecule has 0 unspecified atom stereocenters. The van der Waals surface area contributed by atoms with E-state index < -0.39 is 0 Å². The van der Waals surface area contributed by atoms with Crippen LogP contribution in [0.2, 0.25) is 0 Å². The molecule has 1 saturated heterocycles. The van der Waals surface area contributed by atoms with E-state index in [-0.39, 0.29) is 28.5 Å². The van der Waals surface area contributed by atoms with Gasteiger partial charge in [0.05, 0.1) is 10.7 Å². The summed E-state index contributed by atoms with van der Waals surface area (Å²) in [6.07, 6.45) is 1.50. The Labute approximate surface area is 139 Å². The first-order chi connectivity index (χ1) is 10.8. The molecule has 23 heavy (non-hydrogen) atoms. The van der Waals surface area contributed by atoms with E-state index in [0.717, 1.165) is 11.8 Å². The lowest BCUT2D eigenvalue weighted by atomic mass is 10.2. The highest BCUT2D eigenvalue weighted by Crippen LogP contribution is 2.28. The van der Waals surface area contributed by atoms with Gasteiger partial charge in [0.2, 0.25) is 0 Å². The maximum absolute atomic E-state index is 11.3. The number of carbonyl (C=O) groups is 2. The Kier molecular flexibility index (Phi) is 5.29. The summed E-state index contributed by atoms with van der Waals surface area (Å²) >= 11 is 2.28. The van der Waals surface area contributed by atoms with Crippen molar-refractivity contribution in [3.8, 4) is 11.5 Å². The Morgan fingerprint density at radius 2 is 1.91 bits per heavy atom. The summed E-state index contributed by atoms with van der Waals surface area (Å²) in [6, 6.07) is 4.04. The van der Waals surface area contributed by atoms with Crippen LogP contribution in [0.1, 0.15) is 5.56 Å². The van der Waals surface area contributed by atoms with Gasteiger partial charge < -0.3 is 21.3 Å². The van der Waals surface area contributed by atoms with Gasteiger partial charge in [-0.25, -0.2) is 0 Å². The molecule has 2 amide bonds. The standard InChI is InChI=1S/C10H8N2O3S.C3H4N2OS/c11-10-12-9(15)8(16-10)3-5-1-6(13)4-7(14)2-5;4-3-5-2(6)1-7-3/h1-4,13-14H,(H2,11,12,15);1H2,(H2,4,5,6). The number of thioether (sulfide) groups is 2. The van der Waals surface area contributed by atoms with Crippen molar-refractivity contribution < 1.29 is 19.8 Å². The van der Waals surface area contributed by atoms with Crippen molar-refractivity contribution in [2.45, 2.75) is 0 Å². The largest absolute Gasteiger partial charge is 0.508 e. The number of aromatic hydroxyl groups is 2. The van der Waals surface area contributed by atoms with E-state index in [4.69, 9.17) is 11.1 Å². The number of rotatable bonds is 1. The summed E-state index contributed by atoms with van der Waals surface area (Å²) in [5, 5.41) is 28.5. The van der Waals surface area contributed by atoms with E-state index in [1.54, 1.807) is 0 Å². The number of hydrogen-bond donors (Lipinski definition) is 5. The van der Waals surface area contributed by atoms with Gasteiger partial charge in [-0.3, -0.25) is 15.0 Å². The van der Waals surface area contributed by atoms with Gasteiger partial charge in [0.25, 0.3) is 11.8 Å². The van der Waals surface area contributed by atoms with Gasteiger partial charge in [0.15, 0.2) is 10.3 Å². The second kappa shape index (κ2) is 7.20. The fourth-order valence-electron chi connectivity index (χ4n) is 1.62. The Morgan fingerprint density at radius 1 is 1.26 bits per heavy atom. The second-order valence-electron chi connectivity index (χ2n) is 4.31. The molecule has 2 aliphatic rings. The molecule has 0 radical (unpaired) electrons. The van der Waals surface area contributed by atoms with Gasteiger partial charge >= 0.3 is 0 Å². The van der Waals surface area contributed by atoms with Crippen LogP contribution in [-0.4, -0.2) is 38.1 Å². The Morgan fingerprint density at radius 3 is 2.30 bits per heavy atom. The van der Waals surface area contributed by atoms with Crippen LogP contribution >= 0.6 is 23.5 Å². The first-order valence-corrected chi connectivity index (χ1v) is 7.96. The van der Waals surface area contributed by atoms with Gasteiger partial charge in [-0.15, -0.1) is 0 Å². The number of aliphatic imine (C=N–C) groups is 1. The molecule has 8 nitrogen and oxygen atoms in total. The number of phenolic OH excluding ortho intramolecular Hbond substituents is 2. The number of benzene rings is 1. The monoisotopic (exact) mass is 352 g/mol. The molecular formula is C13H12N4O4S2. The zero-order chi connectivity index (χ0) is 17.0. The van der Waals surface area contributed by atoms with Crippen molar-refractivity contribution in [2.75, 3.05) is 5.75 Å². The summed E-state index contributed by atoms with van der Waals surface area (Å²) in [5.74, 6) is -0.206. The van der Waals surface area contributed by atoms with Crippen LogP contribution in [-0.2, 0) is 9.59 Å². The molecule has 0 aliphatic carbocycles. The van der Waals surface area contributed by atoms with Crippen molar-refractivity contribution >= 4 is 51.7 Å². The number of amides is 2. The lowest BCUT2D eigenvalue weighted by Gasteiger charge is -1.98. The summed E-state index contributed by atoms with van der Waals surface area (Å²) in [4.78, 5) is 25.2. The molecule has 3 rings (SSSR count). The average Bonchev–Trinajstić information content (AvgIpc) is 2.94. The van der Waals surface area contributed by atoms with Crippen LogP contribution in [0.3, 0.4) is 0 Å². The topological polar surface area (TPSA) is 149 Å². The average molecular weight is 352 g/mol. The van der Waals surface area contributed by atoms with Gasteiger partial charge in [-0.05, 0) is 35.5 Å². The van der Waals surface area contributed by atoms with Crippen LogP contribution in [0.25, 0.3) is 6.08 Å². The van der Waals surface area contributed by atoms with Crippen LogP contribution in [0.5, 0.6) is 11.5 Å². The minimum absolute atomic E-state index is 0.0700. The normalized spacial score (nSPS) is 18.5. The zero-order valence-electron chi connectivity index (χ0n) is 11.6. The highest BCUT2D eigenvalue weighted by Gasteiger charge is 2.22. The molecule has 1 aromatic carbocycles. The van der Waals surface area contributed by atoms with Crippen molar-refractivity contribution in [1.29, 1.82) is 5.41 Å². The van der Waals surface area contributed by atoms with Gasteiger partial charge in [0, 0.05) is 6.07 Å². The van der Waals surface area contributed by atoms with Gasteiger partial charge in [-0.2, -0.15) is 4.99 Å². The molecule has 0 aromatic heterocycles. The van der Waals surface area contributed by atoms with E-state index in [0.29, 0.717) is 21.4 Å². The second-order valence-corrected chi connectivity index (χ2v) is 6.36. The molecule has 1 fully saturated rings. The third-order valence-corrected chi connectivity index (χ3v) is 4.07. The van der Waals surface area contributed by atoms with Crippen molar-refractivity contribution in [2.24, 2.45) is 10.7 Å². The van der Waals surface area contributed by atoms with E-state index >= 15 is 0 Å². The SMILES string of the molecule is N=C1NC(=O)C(=Cc2cc(O)cc(O)c2)S1.NC1=NC(=O)CS1. The fraction of sp³-hybridized carbons (Fsp3) is 0.0769. The molecule has 10 heteroatoms. The highest BCUT2D eigenvalue weighted by atomic mass is 32.2. The molecule has 2 heterocycles. The molecular weight excluding hydrogens is 340 g/mol. The van der Waals surface area contributed by atoms with E-state index in [9.17, 15) is 19.8 Å². The molecule has 2 aliphatic heterocycles. The third kappa shape index (κ3) is 5.04. The number of carbonyl (C=O) groups excluding carboxylic acids is 2. The van der Waals surface area contributed by atoms with Crippen molar-refractivity contribution in [3.05, 3.63) is 28.7 Å². The number of hydrogen-bond acceptors (Lipinski definition) is 8. The number of nitrogens with one attached hydrogen (secondary N) is 2. The quantitative estimate of drug-likeness (QED) is 0.469. The van der Waals surface area contributed by atoms with Gasteiger partial charge in [0.1, 0.15) is 11.5 Å². The summed E-state index contributed by atoms with van der Waals surface area (Å²) in [6.45, 7) is 0. The molecule has 0 atom stereocenters.